The third kappa shape index (κ3) is 3.46. The van der Waals surface area contributed by atoms with Gasteiger partial charge in [0.15, 0.2) is 0 Å². The molecule has 1 N–H and O–H groups in total. The first kappa shape index (κ1) is 11.8. The summed E-state index contributed by atoms with van der Waals surface area (Å²) in [4.78, 5) is 4.39. The lowest BCUT2D eigenvalue weighted by Crippen LogP contribution is -2.20. The molecule has 0 fully saturated rings. The molecule has 0 aromatic carbocycles. The summed E-state index contributed by atoms with van der Waals surface area (Å²) in [6.45, 7) is 4.26. The van der Waals surface area contributed by atoms with Gasteiger partial charge in [-0.05, 0) is 12.7 Å². The van der Waals surface area contributed by atoms with Gasteiger partial charge in [0.25, 0.3) is 0 Å². The minimum Gasteiger partial charge on any atom is -0.357 e. The molecule has 0 spiro atoms. The molecule has 0 aliphatic carbocycles. The first-order valence-electron chi connectivity index (χ1n) is 4.88. The molecule has 1 aromatic heterocycles. The molecule has 0 aliphatic heterocycles. The van der Waals surface area contributed by atoms with E-state index < -0.39 is 0 Å². The van der Waals surface area contributed by atoms with Gasteiger partial charge in [-0.15, -0.1) is 0 Å². The van der Waals surface area contributed by atoms with Crippen molar-refractivity contribution in [3.63, 3.8) is 0 Å². The van der Waals surface area contributed by atoms with E-state index in [0.717, 1.165) is 29.6 Å². The second kappa shape index (κ2) is 6.24. The van der Waals surface area contributed by atoms with Gasteiger partial charge in [-0.1, -0.05) is 13.8 Å². The normalized spacial score (nSPS) is 12.8. The quantitative estimate of drug-likeness (QED) is 0.817. The predicted octanol–water partition coefficient (Wildman–Crippen LogP) is 2.65. The molecule has 0 bridgehead atoms. The van der Waals surface area contributed by atoms with Crippen LogP contribution in [0.15, 0.2) is 0 Å². The van der Waals surface area contributed by atoms with Crippen molar-refractivity contribution in [1.29, 1.82) is 0 Å². The number of aryl methyl sites for hydroxylation is 1. The zero-order valence-electron chi connectivity index (χ0n) is 8.91. The van der Waals surface area contributed by atoms with Gasteiger partial charge in [0.2, 0.25) is 5.13 Å². The van der Waals surface area contributed by atoms with Crippen LogP contribution >= 0.6 is 23.3 Å². The van der Waals surface area contributed by atoms with Crippen molar-refractivity contribution in [3.8, 4) is 0 Å². The lowest BCUT2D eigenvalue weighted by atomic mass is 10.3. The van der Waals surface area contributed by atoms with Crippen LogP contribution in [0.5, 0.6) is 0 Å². The third-order valence-corrected chi connectivity index (χ3v) is 3.39. The van der Waals surface area contributed by atoms with Crippen LogP contribution in [0.1, 0.15) is 26.1 Å². The maximum Gasteiger partial charge on any atom is 0.202 e. The Labute approximate surface area is 93.9 Å². The number of hydrogen-bond acceptors (Lipinski definition) is 5. The van der Waals surface area contributed by atoms with E-state index in [-0.39, 0.29) is 0 Å². The number of anilines is 1. The number of nitrogens with zero attached hydrogens (tertiary/aromatic N) is 2. The molecule has 5 heteroatoms. The molecular weight excluding hydrogens is 214 g/mol. The van der Waals surface area contributed by atoms with Crippen LogP contribution in [0.4, 0.5) is 5.13 Å². The zero-order valence-corrected chi connectivity index (χ0v) is 10.5. The lowest BCUT2D eigenvalue weighted by molar-refractivity contribution is 0.772. The number of hydrogen-bond donors (Lipinski definition) is 1. The highest BCUT2D eigenvalue weighted by Crippen LogP contribution is 2.15. The Bertz CT molecular complexity index is 262. The van der Waals surface area contributed by atoms with Crippen LogP contribution in [0, 0.1) is 0 Å². The van der Waals surface area contributed by atoms with Gasteiger partial charge in [0, 0.05) is 29.7 Å². The molecule has 3 nitrogen and oxygen atoms in total. The minimum absolute atomic E-state index is 0.516. The molecule has 0 aliphatic rings. The van der Waals surface area contributed by atoms with E-state index in [1.165, 1.54) is 11.5 Å². The maximum atomic E-state index is 4.39. The lowest BCUT2D eigenvalue weighted by Gasteiger charge is -2.13. The highest BCUT2D eigenvalue weighted by atomic mass is 32.2. The van der Waals surface area contributed by atoms with Crippen LogP contribution in [-0.4, -0.2) is 27.4 Å². The van der Waals surface area contributed by atoms with E-state index in [0.29, 0.717) is 6.04 Å². The largest absolute Gasteiger partial charge is 0.357 e. The van der Waals surface area contributed by atoms with Gasteiger partial charge >= 0.3 is 0 Å². The Morgan fingerprint density at radius 2 is 2.29 bits per heavy atom. The minimum atomic E-state index is 0.516. The molecule has 0 amide bonds. The first-order chi connectivity index (χ1) is 6.80. The number of rotatable bonds is 6. The molecule has 0 saturated carbocycles. The summed E-state index contributed by atoms with van der Waals surface area (Å²) in [5, 5.41) is 4.37. The van der Waals surface area contributed by atoms with Crippen molar-refractivity contribution in [1.82, 2.24) is 9.36 Å². The summed E-state index contributed by atoms with van der Waals surface area (Å²) in [5.74, 6) is 2.06. The van der Waals surface area contributed by atoms with Gasteiger partial charge < -0.3 is 5.32 Å². The number of aromatic nitrogens is 2. The fraction of sp³-hybridized carbons (Fsp3) is 0.778. The zero-order chi connectivity index (χ0) is 10.4. The summed E-state index contributed by atoms with van der Waals surface area (Å²) in [7, 11) is 0. The molecule has 1 aromatic rings. The maximum absolute atomic E-state index is 4.39. The Balaban J connectivity index is 2.48. The second-order valence-electron chi connectivity index (χ2n) is 3.07. The molecule has 0 saturated heterocycles. The third-order valence-electron chi connectivity index (χ3n) is 1.97. The van der Waals surface area contributed by atoms with Crippen LogP contribution in [-0.2, 0) is 6.42 Å². The summed E-state index contributed by atoms with van der Waals surface area (Å²) >= 11 is 3.32. The van der Waals surface area contributed by atoms with Crippen molar-refractivity contribution < 1.29 is 0 Å². The molecule has 80 valence electrons. The molecule has 1 heterocycles. The van der Waals surface area contributed by atoms with Crippen LogP contribution in [0.3, 0.4) is 0 Å². The summed E-state index contributed by atoms with van der Waals surface area (Å²) < 4.78 is 4.24. The average molecular weight is 231 g/mol. The summed E-state index contributed by atoms with van der Waals surface area (Å²) in [6, 6.07) is 0.516. The Morgan fingerprint density at radius 1 is 1.50 bits per heavy atom. The van der Waals surface area contributed by atoms with Crippen molar-refractivity contribution in [2.75, 3.05) is 17.3 Å². The molecular formula is C9H17N3S2. The predicted molar refractivity (Wildman–Crippen MR) is 65.4 cm³/mol. The van der Waals surface area contributed by atoms with Crippen LogP contribution in [0.25, 0.3) is 0 Å². The Morgan fingerprint density at radius 3 is 2.79 bits per heavy atom. The van der Waals surface area contributed by atoms with Gasteiger partial charge in [0.05, 0.1) is 0 Å². The molecule has 1 unspecified atom stereocenters. The molecule has 1 rings (SSSR count). The van der Waals surface area contributed by atoms with Gasteiger partial charge in [-0.25, -0.2) is 4.98 Å². The molecule has 0 radical (unpaired) electrons. The van der Waals surface area contributed by atoms with Gasteiger partial charge in [-0.2, -0.15) is 16.1 Å². The van der Waals surface area contributed by atoms with Crippen molar-refractivity contribution in [2.45, 2.75) is 32.7 Å². The number of thioether (sulfide) groups is 1. The monoisotopic (exact) mass is 231 g/mol. The van der Waals surface area contributed by atoms with E-state index in [2.05, 4.69) is 34.8 Å². The molecule has 1 atom stereocenters. The van der Waals surface area contributed by atoms with E-state index in [1.54, 1.807) is 0 Å². The first-order valence-corrected chi connectivity index (χ1v) is 7.04. The Hall–Kier alpha value is -0.290. The standard InChI is InChI=1S/C9H17N3S2/c1-4-7(6-13-3)10-9-11-8(5-2)12-14-9/h7H,4-6H2,1-3H3,(H,10,11,12). The molecule has 14 heavy (non-hydrogen) atoms. The van der Waals surface area contributed by atoms with Crippen LogP contribution in [0.2, 0.25) is 0 Å². The van der Waals surface area contributed by atoms with E-state index in [9.17, 15) is 0 Å². The van der Waals surface area contributed by atoms with Gasteiger partial charge in [-0.3, -0.25) is 0 Å². The van der Waals surface area contributed by atoms with E-state index >= 15 is 0 Å². The van der Waals surface area contributed by atoms with Crippen molar-refractivity contribution in [2.24, 2.45) is 0 Å². The van der Waals surface area contributed by atoms with E-state index in [4.69, 9.17) is 0 Å². The topological polar surface area (TPSA) is 37.8 Å². The average Bonchev–Trinajstić information content (AvgIpc) is 2.65. The smallest absolute Gasteiger partial charge is 0.202 e. The highest BCUT2D eigenvalue weighted by molar-refractivity contribution is 7.98. The Kier molecular flexibility index (Phi) is 5.25. The van der Waals surface area contributed by atoms with Gasteiger partial charge in [0.1, 0.15) is 5.82 Å². The fourth-order valence-electron chi connectivity index (χ4n) is 1.09. The second-order valence-corrected chi connectivity index (χ2v) is 4.74. The number of nitrogens with one attached hydrogen (secondary N) is 1. The fourth-order valence-corrected chi connectivity index (χ4v) is 2.54. The van der Waals surface area contributed by atoms with Crippen molar-refractivity contribution in [3.05, 3.63) is 5.82 Å². The highest BCUT2D eigenvalue weighted by Gasteiger charge is 2.08. The SMILES string of the molecule is CCc1nsc(NC(CC)CSC)n1. The van der Waals surface area contributed by atoms with Crippen molar-refractivity contribution >= 4 is 28.4 Å². The van der Waals surface area contributed by atoms with Crippen LogP contribution < -0.4 is 5.32 Å². The summed E-state index contributed by atoms with van der Waals surface area (Å²) in [5.41, 5.74) is 0. The van der Waals surface area contributed by atoms with E-state index in [1.807, 2.05) is 11.8 Å². The summed E-state index contributed by atoms with van der Waals surface area (Å²) in [6.07, 6.45) is 4.17.